The Morgan fingerprint density at radius 3 is 1.31 bits per heavy atom. The Bertz CT molecular complexity index is 677. The number of esters is 1. The average molecular weight is 627 g/mol. The lowest BCUT2D eigenvalue weighted by molar-refractivity contribution is -0.137. The summed E-state index contributed by atoms with van der Waals surface area (Å²) in [5.74, 6) is -1.40. The first-order valence-corrected chi connectivity index (χ1v) is 24.8. The van der Waals surface area contributed by atoms with Crippen LogP contribution >= 0.6 is 0 Å². The molecule has 10 nitrogen and oxygen atoms in total. The third-order valence-corrected chi connectivity index (χ3v) is 21.5. The third kappa shape index (κ3) is 21.5. The number of carboxylic acid groups (broad SMARTS) is 1. The molecule has 0 amide bonds. The first-order valence-electron chi connectivity index (χ1n) is 13.5. The van der Waals surface area contributed by atoms with Crippen LogP contribution in [0.15, 0.2) is 24.8 Å². The van der Waals surface area contributed by atoms with Crippen LogP contribution < -0.4 is 0 Å². The molecule has 0 fully saturated rings. The van der Waals surface area contributed by atoms with Gasteiger partial charge in [-0.2, -0.15) is 0 Å². The molecule has 0 saturated heterocycles. The molecular weight excluding hydrogens is 573 g/mol. The van der Waals surface area contributed by atoms with Gasteiger partial charge in [0.2, 0.25) is 0 Å². The molecular formula is C25H54O10Si4. The molecule has 0 aliphatic rings. The van der Waals surface area contributed by atoms with Crippen LogP contribution in [0.25, 0.3) is 0 Å². The summed E-state index contributed by atoms with van der Waals surface area (Å²) < 4.78 is 25.9. The molecule has 0 aromatic heterocycles. The van der Waals surface area contributed by atoms with Crippen molar-refractivity contribution in [2.24, 2.45) is 0 Å². The van der Waals surface area contributed by atoms with Gasteiger partial charge in [0, 0.05) is 37.5 Å². The van der Waals surface area contributed by atoms with Crippen molar-refractivity contribution in [2.45, 2.75) is 96.1 Å². The summed E-state index contributed by atoms with van der Waals surface area (Å²) >= 11 is 0. The van der Waals surface area contributed by atoms with Gasteiger partial charge >= 0.3 is 20.7 Å². The Balaban J connectivity index is 0. The van der Waals surface area contributed by atoms with Gasteiger partial charge in [0.15, 0.2) is 25.0 Å². The van der Waals surface area contributed by atoms with Crippen molar-refractivity contribution in [2.75, 3.05) is 26.4 Å². The van der Waals surface area contributed by atoms with E-state index in [1.165, 1.54) is 6.92 Å². The highest BCUT2D eigenvalue weighted by molar-refractivity contribution is 6.90. The number of carbonyl (C=O) groups is 2. The SMILES string of the molecule is C=C(C)C(=O)O.C=CC(=O)OCCC[Si](O[Si](C)(C)CCCO)(O[Si](C)(C)CCCO)O[Si](C)(C)CCCO. The van der Waals surface area contributed by atoms with Crippen LogP contribution in [0, 0.1) is 0 Å². The van der Waals surface area contributed by atoms with Crippen LogP contribution in [-0.4, -0.2) is 92.5 Å². The van der Waals surface area contributed by atoms with E-state index in [4.69, 9.17) is 22.2 Å². The smallest absolute Gasteiger partial charge is 0.469 e. The van der Waals surface area contributed by atoms with Crippen LogP contribution in [0.1, 0.15) is 32.6 Å². The van der Waals surface area contributed by atoms with Crippen molar-refractivity contribution in [1.29, 1.82) is 0 Å². The van der Waals surface area contributed by atoms with Crippen LogP contribution in [0.3, 0.4) is 0 Å². The van der Waals surface area contributed by atoms with Gasteiger partial charge in [-0.05, 0) is 90.0 Å². The molecule has 14 heteroatoms. The van der Waals surface area contributed by atoms with E-state index in [1.807, 2.05) is 0 Å². The molecule has 0 rings (SSSR count). The number of aliphatic hydroxyl groups is 3. The van der Waals surface area contributed by atoms with E-state index in [-0.39, 0.29) is 32.0 Å². The summed E-state index contributed by atoms with van der Waals surface area (Å²) in [5, 5.41) is 36.0. The molecule has 0 heterocycles. The molecule has 0 aromatic rings. The quantitative estimate of drug-likeness (QED) is 0.0620. The summed E-state index contributed by atoms with van der Waals surface area (Å²) in [7, 11) is -9.92. The first-order chi connectivity index (χ1) is 17.9. The standard InChI is InChI=1S/C21H48O8Si4.C4H6O2/c1-8-21(25)26-16-12-20-33(27-30(2,3)17-9-13-22,28-31(4,5)18-10-14-23)29-32(6,7)19-11-15-24;1-3(2)4(5)6/h8,22-24H,1,9-20H2,2-7H3;1H2,2H3,(H,5,6). The number of hydrogen-bond acceptors (Lipinski definition) is 9. The van der Waals surface area contributed by atoms with Crippen molar-refractivity contribution in [3.05, 3.63) is 24.8 Å². The Morgan fingerprint density at radius 1 is 0.718 bits per heavy atom. The minimum Gasteiger partial charge on any atom is -0.478 e. The van der Waals surface area contributed by atoms with Crippen molar-refractivity contribution < 1.29 is 47.1 Å². The fourth-order valence-corrected chi connectivity index (χ4v) is 21.4. The largest absolute Gasteiger partial charge is 0.478 e. The molecule has 0 unspecified atom stereocenters. The van der Waals surface area contributed by atoms with E-state index in [0.717, 1.165) is 24.2 Å². The van der Waals surface area contributed by atoms with Gasteiger partial charge < -0.3 is 37.5 Å². The lowest BCUT2D eigenvalue weighted by Crippen LogP contribution is -2.62. The Morgan fingerprint density at radius 2 is 1.05 bits per heavy atom. The molecule has 230 valence electrons. The van der Waals surface area contributed by atoms with E-state index in [1.54, 1.807) is 0 Å². The second-order valence-electron chi connectivity index (χ2n) is 11.3. The fraction of sp³-hybridized carbons (Fsp3) is 0.760. The third-order valence-electron chi connectivity index (χ3n) is 5.51. The molecule has 0 bridgehead atoms. The van der Waals surface area contributed by atoms with Gasteiger partial charge in [0.1, 0.15) is 0 Å². The van der Waals surface area contributed by atoms with E-state index in [0.29, 0.717) is 31.7 Å². The molecule has 0 aromatic carbocycles. The second kappa shape index (κ2) is 20.0. The Labute approximate surface area is 239 Å². The Kier molecular flexibility index (Phi) is 20.6. The molecule has 0 saturated carbocycles. The lowest BCUT2D eigenvalue weighted by atomic mass is 10.4. The maximum Gasteiger partial charge on any atom is 0.469 e. The maximum absolute atomic E-state index is 11.5. The van der Waals surface area contributed by atoms with E-state index < -0.39 is 45.7 Å². The van der Waals surface area contributed by atoms with Crippen LogP contribution in [0.4, 0.5) is 0 Å². The van der Waals surface area contributed by atoms with Crippen molar-refractivity contribution in [3.63, 3.8) is 0 Å². The molecule has 0 atom stereocenters. The highest BCUT2D eigenvalue weighted by atomic mass is 28.5. The normalized spacial score (nSPS) is 12.4. The van der Waals surface area contributed by atoms with Gasteiger partial charge in [0.25, 0.3) is 0 Å². The van der Waals surface area contributed by atoms with Crippen molar-refractivity contribution in [3.8, 4) is 0 Å². The van der Waals surface area contributed by atoms with E-state index in [2.05, 4.69) is 52.4 Å². The van der Waals surface area contributed by atoms with Crippen LogP contribution in [-0.2, 0) is 26.7 Å². The molecule has 39 heavy (non-hydrogen) atoms. The number of carbonyl (C=O) groups excluding carboxylic acids is 1. The van der Waals surface area contributed by atoms with E-state index >= 15 is 0 Å². The second-order valence-corrected chi connectivity index (χ2v) is 27.7. The molecule has 0 aliphatic heterocycles. The van der Waals surface area contributed by atoms with Crippen LogP contribution in [0.2, 0.25) is 63.5 Å². The lowest BCUT2D eigenvalue weighted by Gasteiger charge is -2.45. The zero-order valence-corrected chi connectivity index (χ0v) is 29.2. The number of rotatable bonds is 21. The number of aliphatic hydroxyl groups excluding tert-OH is 3. The molecule has 0 spiro atoms. The highest BCUT2D eigenvalue weighted by Gasteiger charge is 2.51. The molecule has 0 aliphatic carbocycles. The highest BCUT2D eigenvalue weighted by Crippen LogP contribution is 2.34. The maximum atomic E-state index is 11.5. The Hall–Kier alpha value is -0.952. The number of ether oxygens (including phenoxy) is 1. The first kappa shape index (κ1) is 40.2. The van der Waals surface area contributed by atoms with Gasteiger partial charge in [-0.1, -0.05) is 13.2 Å². The van der Waals surface area contributed by atoms with Gasteiger partial charge in [-0.25, -0.2) is 9.59 Å². The van der Waals surface area contributed by atoms with Gasteiger partial charge in [-0.15, -0.1) is 0 Å². The minimum atomic E-state index is -3.21. The minimum absolute atomic E-state index is 0.112. The number of aliphatic carboxylic acids is 1. The average Bonchev–Trinajstić information content (AvgIpc) is 2.82. The van der Waals surface area contributed by atoms with Crippen LogP contribution in [0.5, 0.6) is 0 Å². The zero-order valence-electron chi connectivity index (χ0n) is 25.2. The van der Waals surface area contributed by atoms with Gasteiger partial charge in [0.05, 0.1) is 6.61 Å². The monoisotopic (exact) mass is 626 g/mol. The fourth-order valence-electron chi connectivity index (χ4n) is 3.67. The number of carboxylic acids is 1. The summed E-state index contributed by atoms with van der Waals surface area (Å²) in [6, 6.07) is 2.88. The van der Waals surface area contributed by atoms with Crippen molar-refractivity contribution in [1.82, 2.24) is 0 Å². The summed E-state index contributed by atoms with van der Waals surface area (Å²) in [5.41, 5.74) is 0.176. The molecule has 4 N–H and O–H groups in total. The summed E-state index contributed by atoms with van der Waals surface area (Å²) in [6.07, 6.45) is 3.69. The topological polar surface area (TPSA) is 152 Å². The van der Waals surface area contributed by atoms with E-state index in [9.17, 15) is 24.9 Å². The zero-order chi connectivity index (χ0) is 30.8. The predicted molar refractivity (Wildman–Crippen MR) is 164 cm³/mol. The number of hydrogen-bond donors (Lipinski definition) is 4. The molecule has 0 radical (unpaired) electrons. The summed E-state index contributed by atoms with van der Waals surface area (Å²) in [4.78, 5) is 21.1. The van der Waals surface area contributed by atoms with Gasteiger partial charge in [-0.3, -0.25) is 0 Å². The van der Waals surface area contributed by atoms with Crippen molar-refractivity contribution >= 4 is 45.7 Å². The predicted octanol–water partition coefficient (Wildman–Crippen LogP) is 4.50. The summed E-state index contributed by atoms with van der Waals surface area (Å²) in [6.45, 7) is 21.3.